The van der Waals surface area contributed by atoms with E-state index < -0.39 is 12.6 Å². The van der Waals surface area contributed by atoms with Gasteiger partial charge in [-0.25, -0.2) is 4.79 Å². The number of carbonyl (C=O) groups excluding carboxylic acids is 1. The van der Waals surface area contributed by atoms with E-state index in [0.29, 0.717) is 5.56 Å². The summed E-state index contributed by atoms with van der Waals surface area (Å²) in [5, 5.41) is 0. The van der Waals surface area contributed by atoms with E-state index in [1.165, 1.54) is 6.07 Å². The number of esters is 1. The van der Waals surface area contributed by atoms with Crippen LogP contribution in [-0.2, 0) is 4.74 Å². The highest BCUT2D eigenvalue weighted by Gasteiger charge is 2.14. The van der Waals surface area contributed by atoms with Gasteiger partial charge in [0.05, 0.1) is 5.56 Å². The minimum absolute atomic E-state index is 0.169. The van der Waals surface area contributed by atoms with Gasteiger partial charge in [-0.2, -0.15) is 8.78 Å². The van der Waals surface area contributed by atoms with Crippen molar-refractivity contribution in [3.05, 3.63) is 35.4 Å². The van der Waals surface area contributed by atoms with Gasteiger partial charge in [0.25, 0.3) is 0 Å². The number of rotatable bonds is 2. The van der Waals surface area contributed by atoms with Gasteiger partial charge in [-0.15, -0.1) is 0 Å². The lowest BCUT2D eigenvalue weighted by Crippen LogP contribution is -2.10. The highest BCUT2D eigenvalue weighted by Crippen LogP contribution is 2.10. The Morgan fingerprint density at radius 3 is 2.54 bits per heavy atom. The first-order chi connectivity index (χ1) is 6.11. The van der Waals surface area contributed by atoms with Gasteiger partial charge in [-0.3, -0.25) is 0 Å². The van der Waals surface area contributed by atoms with Crippen LogP contribution in [0.25, 0.3) is 0 Å². The zero-order valence-electron chi connectivity index (χ0n) is 6.96. The molecular formula is C9H8F2O2. The molecule has 1 aromatic carbocycles. The molecule has 0 unspecified atom stereocenters. The van der Waals surface area contributed by atoms with Crippen LogP contribution in [0.5, 0.6) is 0 Å². The van der Waals surface area contributed by atoms with E-state index in [-0.39, 0.29) is 5.56 Å². The van der Waals surface area contributed by atoms with Gasteiger partial charge >= 0.3 is 12.6 Å². The molecule has 70 valence electrons. The van der Waals surface area contributed by atoms with Gasteiger partial charge in [0, 0.05) is 0 Å². The van der Waals surface area contributed by atoms with Crippen LogP contribution in [0.15, 0.2) is 24.3 Å². The Morgan fingerprint density at radius 1 is 1.38 bits per heavy atom. The first-order valence-corrected chi connectivity index (χ1v) is 3.66. The molecule has 0 N–H and O–H groups in total. The molecule has 1 aromatic rings. The smallest absolute Gasteiger partial charge is 0.389 e. The van der Waals surface area contributed by atoms with E-state index in [0.717, 1.165) is 0 Å². The van der Waals surface area contributed by atoms with Gasteiger partial charge < -0.3 is 4.74 Å². The highest BCUT2D eigenvalue weighted by molar-refractivity contribution is 5.90. The van der Waals surface area contributed by atoms with E-state index in [1.54, 1.807) is 25.1 Å². The summed E-state index contributed by atoms with van der Waals surface area (Å²) in [4.78, 5) is 11.0. The fraction of sp³-hybridized carbons (Fsp3) is 0.222. The van der Waals surface area contributed by atoms with Crippen molar-refractivity contribution in [2.24, 2.45) is 0 Å². The molecule has 0 aliphatic heterocycles. The third-order valence-corrected chi connectivity index (χ3v) is 1.56. The number of alkyl halides is 2. The summed E-state index contributed by atoms with van der Waals surface area (Å²) >= 11 is 0. The van der Waals surface area contributed by atoms with Crippen molar-refractivity contribution in [3.8, 4) is 0 Å². The second-order valence-corrected chi connectivity index (χ2v) is 2.48. The predicted molar refractivity (Wildman–Crippen MR) is 42.6 cm³/mol. The lowest BCUT2D eigenvalue weighted by molar-refractivity contribution is -0.0906. The van der Waals surface area contributed by atoms with Gasteiger partial charge in [0.2, 0.25) is 0 Å². The summed E-state index contributed by atoms with van der Waals surface area (Å²) in [6.45, 7) is -1.41. The molecule has 0 saturated heterocycles. The number of aryl methyl sites for hydroxylation is 1. The van der Waals surface area contributed by atoms with Gasteiger partial charge in [-0.05, 0) is 18.6 Å². The van der Waals surface area contributed by atoms with Crippen LogP contribution in [0, 0.1) is 6.92 Å². The van der Waals surface area contributed by atoms with Gasteiger partial charge in [0.1, 0.15) is 0 Å². The fourth-order valence-corrected chi connectivity index (χ4v) is 0.946. The topological polar surface area (TPSA) is 26.3 Å². The Morgan fingerprint density at radius 2 is 2.00 bits per heavy atom. The Bertz CT molecular complexity index is 310. The van der Waals surface area contributed by atoms with Crippen molar-refractivity contribution < 1.29 is 18.3 Å². The molecule has 0 bridgehead atoms. The van der Waals surface area contributed by atoms with Crippen LogP contribution in [0.2, 0.25) is 0 Å². The summed E-state index contributed by atoms with van der Waals surface area (Å²) in [5.74, 6) is -0.992. The van der Waals surface area contributed by atoms with Crippen LogP contribution < -0.4 is 0 Å². The van der Waals surface area contributed by atoms with Crippen molar-refractivity contribution in [2.75, 3.05) is 0 Å². The van der Waals surface area contributed by atoms with Crippen molar-refractivity contribution >= 4 is 5.97 Å². The summed E-state index contributed by atoms with van der Waals surface area (Å²) in [6.07, 6.45) is 0. The van der Waals surface area contributed by atoms with Crippen LogP contribution in [0.3, 0.4) is 0 Å². The Kier molecular flexibility index (Phi) is 2.95. The average molecular weight is 186 g/mol. The molecule has 0 heterocycles. The summed E-state index contributed by atoms with van der Waals surface area (Å²) in [7, 11) is 0. The van der Waals surface area contributed by atoms with Crippen LogP contribution in [-0.4, -0.2) is 12.6 Å². The highest BCUT2D eigenvalue weighted by atomic mass is 19.3. The normalized spacial score (nSPS) is 10.2. The maximum atomic E-state index is 11.7. The van der Waals surface area contributed by atoms with Crippen molar-refractivity contribution in [1.82, 2.24) is 0 Å². The maximum Gasteiger partial charge on any atom is 0.389 e. The molecule has 0 saturated carbocycles. The zero-order chi connectivity index (χ0) is 9.84. The number of benzene rings is 1. The van der Waals surface area contributed by atoms with Crippen molar-refractivity contribution in [2.45, 2.75) is 13.5 Å². The lowest BCUT2D eigenvalue weighted by atomic mass is 10.1. The molecule has 0 aliphatic carbocycles. The SMILES string of the molecule is Cc1ccccc1C(=O)OC(F)F. The number of ether oxygens (including phenoxy) is 1. The van der Waals surface area contributed by atoms with Crippen LogP contribution in [0.4, 0.5) is 8.78 Å². The molecule has 0 atom stereocenters. The van der Waals surface area contributed by atoms with E-state index in [1.807, 2.05) is 0 Å². The van der Waals surface area contributed by atoms with Gasteiger partial charge in [-0.1, -0.05) is 18.2 Å². The predicted octanol–water partition coefficient (Wildman–Crippen LogP) is 2.37. The van der Waals surface area contributed by atoms with E-state index in [4.69, 9.17) is 0 Å². The molecule has 0 spiro atoms. The van der Waals surface area contributed by atoms with E-state index in [9.17, 15) is 13.6 Å². The molecule has 13 heavy (non-hydrogen) atoms. The van der Waals surface area contributed by atoms with Crippen LogP contribution in [0.1, 0.15) is 15.9 Å². The minimum atomic E-state index is -3.06. The quantitative estimate of drug-likeness (QED) is 0.663. The maximum absolute atomic E-state index is 11.7. The third kappa shape index (κ3) is 2.50. The monoisotopic (exact) mass is 186 g/mol. The van der Waals surface area contributed by atoms with Crippen LogP contribution >= 0.6 is 0 Å². The molecule has 2 nitrogen and oxygen atoms in total. The molecule has 0 fully saturated rings. The van der Waals surface area contributed by atoms with E-state index >= 15 is 0 Å². The summed E-state index contributed by atoms with van der Waals surface area (Å²) < 4.78 is 27.1. The zero-order valence-corrected chi connectivity index (χ0v) is 6.96. The largest absolute Gasteiger partial charge is 0.399 e. The standard InChI is InChI=1S/C9H8F2O2/c1-6-4-2-3-5-7(6)8(12)13-9(10)11/h2-5,9H,1H3. The van der Waals surface area contributed by atoms with Gasteiger partial charge in [0.15, 0.2) is 0 Å². The second kappa shape index (κ2) is 3.98. The summed E-state index contributed by atoms with van der Waals surface area (Å²) in [5.41, 5.74) is 0.788. The molecule has 0 radical (unpaired) electrons. The van der Waals surface area contributed by atoms with Crippen molar-refractivity contribution in [3.63, 3.8) is 0 Å². The Balaban J connectivity index is 2.83. The second-order valence-electron chi connectivity index (χ2n) is 2.48. The molecule has 0 aliphatic rings. The number of hydrogen-bond donors (Lipinski definition) is 0. The van der Waals surface area contributed by atoms with E-state index in [2.05, 4.69) is 4.74 Å². The number of hydrogen-bond acceptors (Lipinski definition) is 2. The minimum Gasteiger partial charge on any atom is -0.399 e. The fourth-order valence-electron chi connectivity index (χ4n) is 0.946. The lowest BCUT2D eigenvalue weighted by Gasteiger charge is -2.04. The third-order valence-electron chi connectivity index (χ3n) is 1.56. The van der Waals surface area contributed by atoms with Crippen molar-refractivity contribution in [1.29, 1.82) is 0 Å². The molecular weight excluding hydrogens is 178 g/mol. The first-order valence-electron chi connectivity index (χ1n) is 3.66. The molecule has 1 rings (SSSR count). The first kappa shape index (κ1) is 9.64. The number of halogens is 2. The Labute approximate surface area is 74.1 Å². The molecule has 0 amide bonds. The molecule has 4 heteroatoms. The average Bonchev–Trinajstić information content (AvgIpc) is 2.03. The Hall–Kier alpha value is -1.45. The number of carbonyl (C=O) groups is 1. The molecule has 0 aromatic heterocycles. The summed E-state index contributed by atoms with van der Waals surface area (Å²) in [6, 6.07) is 6.41.